The van der Waals surface area contributed by atoms with E-state index < -0.39 is 0 Å². The van der Waals surface area contributed by atoms with Crippen LogP contribution in [0.4, 0.5) is 0 Å². The second-order valence-corrected chi connectivity index (χ2v) is 1.39. The molecule has 0 aromatic carbocycles. The summed E-state index contributed by atoms with van der Waals surface area (Å²) in [6, 6.07) is 0. The van der Waals surface area contributed by atoms with Crippen molar-refractivity contribution in [3.05, 3.63) is 12.5 Å². The zero-order chi connectivity index (χ0) is 5.11. The highest BCUT2D eigenvalue weighted by Gasteiger charge is 1.99. The topological polar surface area (TPSA) is 47.3 Å². The predicted molar refractivity (Wildman–Crippen MR) is 26.2 cm³/mol. The maximum Gasteiger partial charge on any atom is 0.164 e. The first-order valence-corrected chi connectivity index (χ1v) is 2.19. The molecule has 0 aliphatic carbocycles. The Bertz CT molecular complexity index is 81.8. The number of hydrogen-bond acceptors (Lipinski definition) is 3. The van der Waals surface area contributed by atoms with Crippen LogP contribution in [-0.4, -0.2) is 12.8 Å². The van der Waals surface area contributed by atoms with Crippen molar-refractivity contribution in [2.75, 3.05) is 6.54 Å². The highest BCUT2D eigenvalue weighted by atomic mass is 16.5. The lowest BCUT2D eigenvalue weighted by atomic mass is 10.5. The standard InChI is InChI=1S/C4H8N2O/c5-4-3-6-1-2-7-4/h1-2,4,6H,3,5H2. The van der Waals surface area contributed by atoms with Gasteiger partial charge in [0.15, 0.2) is 6.23 Å². The summed E-state index contributed by atoms with van der Waals surface area (Å²) in [6.07, 6.45) is 3.11. The lowest BCUT2D eigenvalue weighted by Gasteiger charge is -2.14. The van der Waals surface area contributed by atoms with Gasteiger partial charge in [0.25, 0.3) is 0 Å². The molecule has 40 valence electrons. The van der Waals surface area contributed by atoms with Crippen LogP contribution in [0.25, 0.3) is 0 Å². The van der Waals surface area contributed by atoms with Gasteiger partial charge in [-0.1, -0.05) is 0 Å². The molecule has 1 atom stereocenters. The molecule has 1 rings (SSSR count). The van der Waals surface area contributed by atoms with Crippen molar-refractivity contribution in [2.45, 2.75) is 6.23 Å². The third-order valence-corrected chi connectivity index (χ3v) is 0.758. The third-order valence-electron chi connectivity index (χ3n) is 0.758. The average molecular weight is 100 g/mol. The van der Waals surface area contributed by atoms with Gasteiger partial charge in [-0.15, -0.1) is 0 Å². The SMILES string of the molecule is NC1CNC=CO1. The van der Waals surface area contributed by atoms with Gasteiger partial charge in [-0.25, -0.2) is 0 Å². The summed E-state index contributed by atoms with van der Waals surface area (Å²) in [5.41, 5.74) is 5.30. The van der Waals surface area contributed by atoms with E-state index >= 15 is 0 Å². The van der Waals surface area contributed by atoms with E-state index in [0.29, 0.717) is 6.54 Å². The maximum absolute atomic E-state index is 5.30. The summed E-state index contributed by atoms with van der Waals surface area (Å²) in [7, 11) is 0. The Balaban J connectivity index is 2.32. The van der Waals surface area contributed by atoms with Crippen LogP contribution in [0.1, 0.15) is 0 Å². The first-order chi connectivity index (χ1) is 3.39. The number of ether oxygens (including phenoxy) is 1. The van der Waals surface area contributed by atoms with Gasteiger partial charge in [0.1, 0.15) is 6.26 Å². The lowest BCUT2D eigenvalue weighted by molar-refractivity contribution is 0.138. The van der Waals surface area contributed by atoms with Gasteiger partial charge in [-0.05, 0) is 0 Å². The molecular formula is C4H8N2O. The van der Waals surface area contributed by atoms with Crippen molar-refractivity contribution in [2.24, 2.45) is 5.73 Å². The zero-order valence-corrected chi connectivity index (χ0v) is 3.92. The van der Waals surface area contributed by atoms with Gasteiger partial charge in [-0.3, -0.25) is 5.73 Å². The highest BCUT2D eigenvalue weighted by molar-refractivity contribution is 4.77. The molecular weight excluding hydrogens is 92.1 g/mol. The summed E-state index contributed by atoms with van der Waals surface area (Å²) >= 11 is 0. The average Bonchev–Trinajstić information content (AvgIpc) is 1.69. The van der Waals surface area contributed by atoms with Gasteiger partial charge in [0.2, 0.25) is 0 Å². The molecule has 0 saturated carbocycles. The van der Waals surface area contributed by atoms with Crippen LogP contribution < -0.4 is 11.1 Å². The van der Waals surface area contributed by atoms with Crippen molar-refractivity contribution in [3.63, 3.8) is 0 Å². The first-order valence-electron chi connectivity index (χ1n) is 2.19. The van der Waals surface area contributed by atoms with Crippen LogP contribution in [0.5, 0.6) is 0 Å². The molecule has 3 nitrogen and oxygen atoms in total. The van der Waals surface area contributed by atoms with Gasteiger partial charge in [0.05, 0.1) is 6.54 Å². The number of rotatable bonds is 0. The highest BCUT2D eigenvalue weighted by Crippen LogP contribution is 1.86. The molecule has 7 heavy (non-hydrogen) atoms. The van der Waals surface area contributed by atoms with E-state index in [2.05, 4.69) is 5.32 Å². The number of nitrogens with one attached hydrogen (secondary N) is 1. The van der Waals surface area contributed by atoms with Gasteiger partial charge in [-0.2, -0.15) is 0 Å². The number of hydrogen-bond donors (Lipinski definition) is 2. The van der Waals surface area contributed by atoms with E-state index in [1.807, 2.05) is 0 Å². The van der Waals surface area contributed by atoms with Crippen molar-refractivity contribution >= 4 is 0 Å². The van der Waals surface area contributed by atoms with Crippen LogP contribution in [-0.2, 0) is 4.74 Å². The Morgan fingerprint density at radius 1 is 1.86 bits per heavy atom. The van der Waals surface area contributed by atoms with Crippen molar-refractivity contribution in [1.29, 1.82) is 0 Å². The van der Waals surface area contributed by atoms with E-state index in [1.54, 1.807) is 12.5 Å². The van der Waals surface area contributed by atoms with Crippen LogP contribution in [0.15, 0.2) is 12.5 Å². The van der Waals surface area contributed by atoms with Gasteiger partial charge in [0, 0.05) is 6.20 Å². The fraction of sp³-hybridized carbons (Fsp3) is 0.500. The van der Waals surface area contributed by atoms with E-state index in [4.69, 9.17) is 10.5 Å². The number of nitrogens with two attached hydrogens (primary N) is 1. The fourth-order valence-electron chi connectivity index (χ4n) is 0.421. The van der Waals surface area contributed by atoms with Crippen molar-refractivity contribution < 1.29 is 4.74 Å². The summed E-state index contributed by atoms with van der Waals surface area (Å²) in [5.74, 6) is 0. The quantitative estimate of drug-likeness (QED) is 0.425. The Kier molecular flexibility index (Phi) is 1.17. The Hall–Kier alpha value is -0.700. The molecule has 0 aromatic rings. The van der Waals surface area contributed by atoms with Crippen LogP contribution >= 0.6 is 0 Å². The Morgan fingerprint density at radius 2 is 2.71 bits per heavy atom. The van der Waals surface area contributed by atoms with Crippen LogP contribution in [0.3, 0.4) is 0 Å². The molecule has 0 bridgehead atoms. The van der Waals surface area contributed by atoms with Crippen LogP contribution in [0.2, 0.25) is 0 Å². The molecule has 1 unspecified atom stereocenters. The van der Waals surface area contributed by atoms with E-state index in [0.717, 1.165) is 0 Å². The molecule has 0 spiro atoms. The minimum atomic E-state index is -0.162. The van der Waals surface area contributed by atoms with Gasteiger partial charge < -0.3 is 10.1 Å². The molecule has 0 radical (unpaired) electrons. The predicted octanol–water partition coefficient (Wildman–Crippen LogP) is -0.638. The lowest BCUT2D eigenvalue weighted by Crippen LogP contribution is -2.35. The molecule has 3 N–H and O–H groups in total. The summed E-state index contributed by atoms with van der Waals surface area (Å²) in [6.45, 7) is 0.705. The molecule has 0 amide bonds. The normalized spacial score (nSPS) is 28.4. The Morgan fingerprint density at radius 3 is 3.00 bits per heavy atom. The molecule has 1 aliphatic rings. The summed E-state index contributed by atoms with van der Waals surface area (Å²) in [4.78, 5) is 0. The molecule has 0 fully saturated rings. The summed E-state index contributed by atoms with van der Waals surface area (Å²) < 4.78 is 4.81. The van der Waals surface area contributed by atoms with Crippen molar-refractivity contribution in [3.8, 4) is 0 Å². The van der Waals surface area contributed by atoms with E-state index in [-0.39, 0.29) is 6.23 Å². The second-order valence-electron chi connectivity index (χ2n) is 1.39. The largest absolute Gasteiger partial charge is 0.480 e. The van der Waals surface area contributed by atoms with Crippen LogP contribution in [0, 0.1) is 0 Å². The van der Waals surface area contributed by atoms with E-state index in [9.17, 15) is 0 Å². The smallest absolute Gasteiger partial charge is 0.164 e. The monoisotopic (exact) mass is 100 g/mol. The zero-order valence-electron chi connectivity index (χ0n) is 3.92. The maximum atomic E-state index is 5.30. The van der Waals surface area contributed by atoms with Crippen molar-refractivity contribution in [1.82, 2.24) is 5.32 Å². The molecule has 3 heteroatoms. The fourth-order valence-corrected chi connectivity index (χ4v) is 0.421. The van der Waals surface area contributed by atoms with Gasteiger partial charge >= 0.3 is 0 Å². The third kappa shape index (κ3) is 1.08. The second kappa shape index (κ2) is 1.84. The molecule has 0 saturated heterocycles. The first kappa shape index (κ1) is 4.46. The molecule has 1 aliphatic heterocycles. The molecule has 1 heterocycles. The Labute approximate surface area is 42.1 Å². The van der Waals surface area contributed by atoms with E-state index in [1.165, 1.54) is 0 Å². The summed E-state index contributed by atoms with van der Waals surface area (Å²) in [5, 5.41) is 2.90. The minimum Gasteiger partial charge on any atom is -0.480 e. The minimum absolute atomic E-state index is 0.162. The molecule has 0 aromatic heterocycles.